The van der Waals surface area contributed by atoms with Crippen LogP contribution in [0.1, 0.15) is 54.9 Å². The molecule has 252 valence electrons. The summed E-state index contributed by atoms with van der Waals surface area (Å²) in [4.78, 5) is 27.7. The Labute approximate surface area is 280 Å². The van der Waals surface area contributed by atoms with Gasteiger partial charge < -0.3 is 35.1 Å². The van der Waals surface area contributed by atoms with Gasteiger partial charge in [0.15, 0.2) is 5.78 Å². The number of carbonyl (C=O) groups excluding carboxylic acids is 2. The summed E-state index contributed by atoms with van der Waals surface area (Å²) in [6.07, 6.45) is -0.0624. The van der Waals surface area contributed by atoms with E-state index < -0.39 is 47.2 Å². The molecular formula is C38H43N3O7. The molecule has 8 atom stereocenters. The van der Waals surface area contributed by atoms with E-state index >= 15 is 4.79 Å². The number of hydrogen-bond acceptors (Lipinski definition) is 9. The van der Waals surface area contributed by atoms with Crippen molar-refractivity contribution in [2.45, 2.75) is 86.8 Å². The van der Waals surface area contributed by atoms with Crippen LogP contribution in [0.3, 0.4) is 0 Å². The zero-order valence-corrected chi connectivity index (χ0v) is 27.2. The Hall–Kier alpha value is -4.06. The Balaban J connectivity index is 1.21. The van der Waals surface area contributed by atoms with Gasteiger partial charge in [-0.3, -0.25) is 10.1 Å². The topological polar surface area (TPSA) is 138 Å². The second kappa shape index (κ2) is 12.8. The molecular weight excluding hydrogens is 610 g/mol. The Bertz CT molecular complexity index is 1680. The van der Waals surface area contributed by atoms with E-state index in [1.807, 2.05) is 98.8 Å². The van der Waals surface area contributed by atoms with Gasteiger partial charge in [-0.1, -0.05) is 84.9 Å². The molecule has 48 heavy (non-hydrogen) atoms. The van der Waals surface area contributed by atoms with Crippen LogP contribution in [-0.2, 0) is 37.4 Å². The van der Waals surface area contributed by atoms with Crippen molar-refractivity contribution in [3.05, 3.63) is 119 Å². The largest absolute Gasteiger partial charge is 0.439 e. The molecule has 3 heterocycles. The van der Waals surface area contributed by atoms with E-state index in [0.29, 0.717) is 38.0 Å². The summed E-state index contributed by atoms with van der Waals surface area (Å²) in [6.45, 7) is 4.78. The molecule has 2 saturated heterocycles. The number of aliphatic hydroxyl groups excluding tert-OH is 2. The van der Waals surface area contributed by atoms with Crippen LogP contribution in [0.25, 0.3) is 0 Å². The van der Waals surface area contributed by atoms with E-state index in [4.69, 9.17) is 14.2 Å². The van der Waals surface area contributed by atoms with Gasteiger partial charge in [0.2, 0.25) is 6.41 Å². The summed E-state index contributed by atoms with van der Waals surface area (Å²) >= 11 is 0. The number of hydrogen-bond donors (Lipinski definition) is 5. The van der Waals surface area contributed by atoms with E-state index in [1.54, 1.807) is 6.20 Å². The number of Topliss-reactive ketones (excluding diaryl/α,β-unsaturated/α-hetero) is 1. The van der Waals surface area contributed by atoms with Gasteiger partial charge in [-0.15, -0.1) is 0 Å². The standard InChI is InChI=1S/C38H43N3O7/c1-36-29-16-10-9-15-27(29)32(37(36,2)48-35(45)41-36)28-22-39-38(33(28)43,20-25-13-7-4-8-14-25)21-31(42)30(19-24-11-5-3-6-12-24)40-34(44)47-26-17-18-46-23-26/h3-16,22,26,30-32,34,39-40,42,44H,17-21,23H2,1-2H3,(H,41,45)/t26-,30-,31-,32+,34?,36+,37-,38-/m0/s1. The van der Waals surface area contributed by atoms with Crippen LogP contribution in [0.5, 0.6) is 0 Å². The van der Waals surface area contributed by atoms with Crippen molar-refractivity contribution < 1.29 is 34.0 Å². The van der Waals surface area contributed by atoms with Crippen molar-refractivity contribution in [3.8, 4) is 0 Å². The monoisotopic (exact) mass is 653 g/mol. The first-order valence-electron chi connectivity index (χ1n) is 16.7. The van der Waals surface area contributed by atoms with Gasteiger partial charge in [-0.25, -0.2) is 4.79 Å². The van der Waals surface area contributed by atoms with Crippen molar-refractivity contribution in [1.82, 2.24) is 16.0 Å². The number of fused-ring (bicyclic) bond motifs is 3. The van der Waals surface area contributed by atoms with Crippen LogP contribution in [-0.4, -0.2) is 71.1 Å². The van der Waals surface area contributed by atoms with E-state index in [1.165, 1.54) is 0 Å². The fraction of sp³-hybridized carbons (Fsp3) is 0.421. The quantitative estimate of drug-likeness (QED) is 0.186. The smallest absolute Gasteiger partial charge is 0.408 e. The third-order valence-corrected chi connectivity index (χ3v) is 10.8. The number of rotatable bonds is 12. The summed E-state index contributed by atoms with van der Waals surface area (Å²) in [7, 11) is 0. The number of carbonyl (C=O) groups is 2. The maximum Gasteiger partial charge on any atom is 0.408 e. The Morgan fingerprint density at radius 1 is 0.958 bits per heavy atom. The predicted octanol–water partition coefficient (Wildman–Crippen LogP) is 3.57. The maximum atomic E-state index is 15.0. The number of benzene rings is 3. The molecule has 0 spiro atoms. The average Bonchev–Trinajstić information content (AvgIpc) is 3.79. The number of alkyl carbamates (subject to hydrolysis) is 1. The van der Waals surface area contributed by atoms with Crippen LogP contribution < -0.4 is 16.0 Å². The fourth-order valence-electron chi connectivity index (χ4n) is 8.13. The highest BCUT2D eigenvalue weighted by Gasteiger charge is 2.68. The molecule has 0 bridgehead atoms. The Morgan fingerprint density at radius 2 is 1.65 bits per heavy atom. The van der Waals surface area contributed by atoms with Crippen LogP contribution in [0, 0.1) is 0 Å². The third kappa shape index (κ3) is 5.71. The van der Waals surface area contributed by atoms with Gasteiger partial charge in [-0.2, -0.15) is 0 Å². The third-order valence-electron chi connectivity index (χ3n) is 10.8. The first kappa shape index (κ1) is 32.5. The Morgan fingerprint density at radius 3 is 2.35 bits per heavy atom. The number of amides is 1. The molecule has 1 unspecified atom stereocenters. The molecule has 1 amide bonds. The number of ketones is 1. The summed E-state index contributed by atoms with van der Waals surface area (Å²) in [5.74, 6) is -0.716. The molecule has 5 N–H and O–H groups in total. The van der Waals surface area contributed by atoms with Crippen LogP contribution >= 0.6 is 0 Å². The van der Waals surface area contributed by atoms with Gasteiger partial charge in [0.05, 0.1) is 24.7 Å². The highest BCUT2D eigenvalue weighted by atomic mass is 16.6. The lowest BCUT2D eigenvalue weighted by Gasteiger charge is -2.37. The molecule has 3 aromatic rings. The maximum absolute atomic E-state index is 15.0. The van der Waals surface area contributed by atoms with Gasteiger partial charge in [-0.05, 0) is 48.9 Å². The second-order valence-electron chi connectivity index (χ2n) is 13.8. The van der Waals surface area contributed by atoms with Crippen molar-refractivity contribution in [3.63, 3.8) is 0 Å². The molecule has 10 heteroatoms. The summed E-state index contributed by atoms with van der Waals surface area (Å²) in [5, 5.41) is 32.5. The second-order valence-corrected chi connectivity index (χ2v) is 13.8. The first-order valence-corrected chi connectivity index (χ1v) is 16.7. The lowest BCUT2D eigenvalue weighted by atomic mass is 9.72. The lowest BCUT2D eigenvalue weighted by molar-refractivity contribution is -0.163. The van der Waals surface area contributed by atoms with Gasteiger partial charge in [0, 0.05) is 37.3 Å². The van der Waals surface area contributed by atoms with Gasteiger partial charge >= 0.3 is 6.09 Å². The average molecular weight is 654 g/mol. The van der Waals surface area contributed by atoms with Gasteiger partial charge in [0.25, 0.3) is 0 Å². The minimum absolute atomic E-state index is 0.0326. The van der Waals surface area contributed by atoms with Crippen molar-refractivity contribution in [1.29, 1.82) is 0 Å². The van der Waals surface area contributed by atoms with E-state index in [-0.39, 0.29) is 18.3 Å². The highest BCUT2D eigenvalue weighted by molar-refractivity contribution is 6.07. The first-order chi connectivity index (χ1) is 23.1. The number of aliphatic hydroxyl groups is 2. The van der Waals surface area contributed by atoms with Crippen molar-refractivity contribution >= 4 is 11.9 Å². The summed E-state index contributed by atoms with van der Waals surface area (Å²) in [5.41, 5.74) is 1.06. The minimum atomic E-state index is -1.34. The van der Waals surface area contributed by atoms with Crippen LogP contribution in [0.2, 0.25) is 0 Å². The zero-order valence-electron chi connectivity index (χ0n) is 27.2. The normalized spacial score (nSPS) is 30.9. The molecule has 3 aromatic carbocycles. The zero-order chi connectivity index (χ0) is 33.5. The molecule has 2 fully saturated rings. The molecule has 7 rings (SSSR count). The van der Waals surface area contributed by atoms with Crippen molar-refractivity contribution in [2.24, 2.45) is 0 Å². The molecule has 0 aromatic heterocycles. The predicted molar refractivity (Wildman–Crippen MR) is 178 cm³/mol. The highest BCUT2D eigenvalue weighted by Crippen LogP contribution is 2.59. The molecule has 10 nitrogen and oxygen atoms in total. The van der Waals surface area contributed by atoms with Gasteiger partial charge in [0.1, 0.15) is 16.7 Å². The van der Waals surface area contributed by atoms with Crippen molar-refractivity contribution in [2.75, 3.05) is 13.2 Å². The molecule has 4 aliphatic rings. The van der Waals surface area contributed by atoms with Crippen LogP contribution in [0.4, 0.5) is 4.79 Å². The van der Waals surface area contributed by atoms with E-state index in [9.17, 15) is 15.0 Å². The van der Waals surface area contributed by atoms with Crippen LogP contribution in [0.15, 0.2) is 96.7 Å². The minimum Gasteiger partial charge on any atom is -0.439 e. The molecule has 0 radical (unpaired) electrons. The lowest BCUT2D eigenvalue weighted by Crippen LogP contribution is -2.56. The summed E-state index contributed by atoms with van der Waals surface area (Å²) in [6, 6.07) is 26.6. The SMILES string of the molecule is C[C@@]12OC(=O)N[C@]1(C)c1ccccc1[C@@H]2C1=CN[C@@](Cc2ccccc2)(C[C@H](O)[C@H](Cc2ccccc2)NC(O)O[C@H]2CCOC2)C1=O. The molecule has 0 saturated carbocycles. The fourth-order valence-corrected chi connectivity index (χ4v) is 8.13. The number of nitrogens with one attached hydrogen (secondary N) is 3. The molecule has 3 aliphatic heterocycles. The van der Waals surface area contributed by atoms with E-state index in [0.717, 1.165) is 22.3 Å². The Kier molecular flexibility index (Phi) is 8.63. The molecule has 1 aliphatic carbocycles. The summed E-state index contributed by atoms with van der Waals surface area (Å²) < 4.78 is 17.2. The number of ether oxygens (including phenoxy) is 3. The van der Waals surface area contributed by atoms with E-state index in [2.05, 4.69) is 16.0 Å².